The van der Waals surface area contributed by atoms with Gasteiger partial charge in [0.2, 0.25) is 5.91 Å². The van der Waals surface area contributed by atoms with Gasteiger partial charge in [0.1, 0.15) is 5.82 Å². The Labute approximate surface area is 147 Å². The summed E-state index contributed by atoms with van der Waals surface area (Å²) in [5, 5.41) is 12.3. The van der Waals surface area contributed by atoms with E-state index in [2.05, 4.69) is 21.0 Å². The van der Waals surface area contributed by atoms with Crippen LogP contribution in [0.15, 0.2) is 4.79 Å². The van der Waals surface area contributed by atoms with Gasteiger partial charge in [-0.05, 0) is 40.0 Å². The summed E-state index contributed by atoms with van der Waals surface area (Å²) in [6, 6.07) is -0.402. The van der Waals surface area contributed by atoms with Crippen LogP contribution in [0.1, 0.15) is 45.9 Å². The van der Waals surface area contributed by atoms with Crippen molar-refractivity contribution in [1.82, 2.24) is 30.3 Å². The van der Waals surface area contributed by atoms with E-state index in [0.717, 1.165) is 31.6 Å². The Morgan fingerprint density at radius 2 is 1.96 bits per heavy atom. The second-order valence-electron chi connectivity index (χ2n) is 7.29. The number of urea groups is 1. The van der Waals surface area contributed by atoms with Crippen LogP contribution in [0.5, 0.6) is 0 Å². The van der Waals surface area contributed by atoms with Crippen molar-refractivity contribution in [2.75, 3.05) is 13.1 Å². The van der Waals surface area contributed by atoms with Gasteiger partial charge >= 0.3 is 11.7 Å². The minimum Gasteiger partial charge on any atom is -0.350 e. The number of nitrogens with zero attached hydrogens (tertiary/aromatic N) is 3. The van der Waals surface area contributed by atoms with E-state index in [1.165, 1.54) is 4.68 Å². The maximum atomic E-state index is 12.2. The Balaban J connectivity index is 1.66. The Hall–Kier alpha value is -2.32. The first-order chi connectivity index (χ1) is 11.8. The summed E-state index contributed by atoms with van der Waals surface area (Å²) in [6.07, 6.45) is 3.53. The summed E-state index contributed by atoms with van der Waals surface area (Å²) < 4.78 is 3.20. The maximum Gasteiger partial charge on any atom is 0.345 e. The molecule has 2 rings (SSSR count). The monoisotopic (exact) mass is 352 g/mol. The van der Waals surface area contributed by atoms with Gasteiger partial charge in [0.15, 0.2) is 0 Å². The van der Waals surface area contributed by atoms with E-state index in [0.29, 0.717) is 19.5 Å². The molecule has 0 fully saturated rings. The lowest BCUT2D eigenvalue weighted by Gasteiger charge is -2.20. The van der Waals surface area contributed by atoms with Gasteiger partial charge < -0.3 is 16.0 Å². The zero-order valence-electron chi connectivity index (χ0n) is 15.2. The van der Waals surface area contributed by atoms with Crippen LogP contribution in [-0.2, 0) is 24.3 Å². The average molecular weight is 352 g/mol. The number of nitrogens with one attached hydrogen (secondary N) is 3. The molecule has 0 aliphatic carbocycles. The normalized spacial score (nSPS) is 13.9. The molecule has 3 amide bonds. The predicted octanol–water partition coefficient (Wildman–Crippen LogP) is -0.0149. The molecule has 1 aromatic heterocycles. The highest BCUT2D eigenvalue weighted by molar-refractivity contribution is 5.84. The van der Waals surface area contributed by atoms with Gasteiger partial charge in [-0.15, -0.1) is 0 Å². The molecule has 140 valence electrons. The van der Waals surface area contributed by atoms with Crippen molar-refractivity contribution in [3.05, 3.63) is 16.3 Å². The third kappa shape index (κ3) is 5.91. The zero-order chi connectivity index (χ0) is 18.4. The molecule has 9 nitrogen and oxygen atoms in total. The van der Waals surface area contributed by atoms with E-state index < -0.39 is 6.03 Å². The fraction of sp³-hybridized carbons (Fsp3) is 0.750. The van der Waals surface area contributed by atoms with E-state index >= 15 is 0 Å². The van der Waals surface area contributed by atoms with Gasteiger partial charge in [0, 0.05) is 31.6 Å². The number of hydrogen-bond donors (Lipinski definition) is 3. The number of fused-ring (bicyclic) bond motifs is 1. The molecule has 0 aromatic carbocycles. The number of hydrogen-bond acceptors (Lipinski definition) is 4. The van der Waals surface area contributed by atoms with Crippen molar-refractivity contribution in [3.8, 4) is 0 Å². The highest BCUT2D eigenvalue weighted by Gasteiger charge is 2.16. The Bertz CT molecular complexity index is 670. The molecular weight excluding hydrogens is 324 g/mol. The fourth-order valence-corrected chi connectivity index (χ4v) is 2.71. The molecule has 1 aromatic rings. The second kappa shape index (κ2) is 8.17. The standard InChI is InChI=1S/C16H28N6O3/c1-16(2,3)19-13(23)11-18-14(24)17-8-6-10-22-15(25)21-9-5-4-7-12(21)20-22/h4-11H2,1-3H3,(H,19,23)(H2,17,18,24). The Morgan fingerprint density at radius 3 is 2.64 bits per heavy atom. The molecular formula is C16H28N6O3. The van der Waals surface area contributed by atoms with E-state index in [4.69, 9.17) is 0 Å². The van der Waals surface area contributed by atoms with Crippen molar-refractivity contribution in [2.45, 2.75) is 65.1 Å². The van der Waals surface area contributed by atoms with Crippen molar-refractivity contribution in [3.63, 3.8) is 0 Å². The van der Waals surface area contributed by atoms with Crippen LogP contribution < -0.4 is 21.6 Å². The van der Waals surface area contributed by atoms with E-state index in [1.807, 2.05) is 20.8 Å². The van der Waals surface area contributed by atoms with Crippen LogP contribution in [0, 0.1) is 0 Å². The van der Waals surface area contributed by atoms with Crippen LogP contribution >= 0.6 is 0 Å². The first-order valence-corrected chi connectivity index (χ1v) is 8.75. The predicted molar refractivity (Wildman–Crippen MR) is 93.3 cm³/mol. The summed E-state index contributed by atoms with van der Waals surface area (Å²) >= 11 is 0. The van der Waals surface area contributed by atoms with Gasteiger partial charge in [-0.3, -0.25) is 9.36 Å². The minimum atomic E-state index is -0.402. The lowest BCUT2D eigenvalue weighted by atomic mass is 10.1. The lowest BCUT2D eigenvalue weighted by molar-refractivity contribution is -0.121. The molecule has 3 N–H and O–H groups in total. The topological polar surface area (TPSA) is 110 Å². The summed E-state index contributed by atoms with van der Waals surface area (Å²) in [4.78, 5) is 35.4. The van der Waals surface area contributed by atoms with E-state index in [-0.39, 0.29) is 23.7 Å². The highest BCUT2D eigenvalue weighted by atomic mass is 16.2. The molecule has 9 heteroatoms. The van der Waals surface area contributed by atoms with Crippen LogP contribution in [0.3, 0.4) is 0 Å². The first-order valence-electron chi connectivity index (χ1n) is 8.75. The molecule has 0 bridgehead atoms. The third-order valence-corrected chi connectivity index (χ3v) is 3.79. The number of carbonyl (C=O) groups excluding carboxylic acids is 2. The van der Waals surface area contributed by atoms with Crippen LogP contribution in [0.4, 0.5) is 4.79 Å². The number of amides is 3. The smallest absolute Gasteiger partial charge is 0.345 e. The summed E-state index contributed by atoms with van der Waals surface area (Å²) in [6.45, 7) is 7.16. The van der Waals surface area contributed by atoms with Crippen LogP contribution in [0.2, 0.25) is 0 Å². The number of carbonyl (C=O) groups is 2. The molecule has 0 saturated carbocycles. The van der Waals surface area contributed by atoms with Crippen molar-refractivity contribution in [2.24, 2.45) is 0 Å². The summed E-state index contributed by atoms with van der Waals surface area (Å²) in [5.41, 5.74) is -0.398. The lowest BCUT2D eigenvalue weighted by Crippen LogP contribution is -2.47. The van der Waals surface area contributed by atoms with E-state index in [1.54, 1.807) is 4.57 Å². The van der Waals surface area contributed by atoms with Crippen molar-refractivity contribution >= 4 is 11.9 Å². The van der Waals surface area contributed by atoms with Gasteiger partial charge in [0.25, 0.3) is 0 Å². The Kier molecular flexibility index (Phi) is 6.22. The zero-order valence-corrected chi connectivity index (χ0v) is 15.2. The van der Waals surface area contributed by atoms with E-state index in [9.17, 15) is 14.4 Å². The largest absolute Gasteiger partial charge is 0.350 e. The second-order valence-corrected chi connectivity index (χ2v) is 7.29. The number of aryl methyl sites for hydroxylation is 2. The highest BCUT2D eigenvalue weighted by Crippen LogP contribution is 2.09. The molecule has 1 aliphatic heterocycles. The fourth-order valence-electron chi connectivity index (χ4n) is 2.71. The van der Waals surface area contributed by atoms with Crippen molar-refractivity contribution < 1.29 is 9.59 Å². The van der Waals surface area contributed by atoms with Crippen LogP contribution in [0.25, 0.3) is 0 Å². The molecule has 2 heterocycles. The third-order valence-electron chi connectivity index (χ3n) is 3.79. The van der Waals surface area contributed by atoms with Gasteiger partial charge in [0.05, 0.1) is 6.54 Å². The molecule has 1 aliphatic rings. The number of rotatable bonds is 6. The molecule has 0 spiro atoms. The van der Waals surface area contributed by atoms with Crippen molar-refractivity contribution in [1.29, 1.82) is 0 Å². The van der Waals surface area contributed by atoms with Gasteiger partial charge in [-0.1, -0.05) is 0 Å². The molecule has 25 heavy (non-hydrogen) atoms. The minimum absolute atomic E-state index is 0.0713. The molecule has 0 atom stereocenters. The molecule has 0 radical (unpaired) electrons. The SMILES string of the molecule is CC(C)(C)NC(=O)CNC(=O)NCCCn1nc2n(c1=O)CCCC2. The first kappa shape index (κ1) is 19.0. The molecule has 0 unspecified atom stereocenters. The quantitative estimate of drug-likeness (QED) is 0.625. The molecule has 0 saturated heterocycles. The van der Waals surface area contributed by atoms with Crippen LogP contribution in [-0.4, -0.2) is 44.9 Å². The Morgan fingerprint density at radius 1 is 1.20 bits per heavy atom. The maximum absolute atomic E-state index is 12.2. The number of aromatic nitrogens is 3. The van der Waals surface area contributed by atoms with Gasteiger partial charge in [-0.25, -0.2) is 14.3 Å². The van der Waals surface area contributed by atoms with Gasteiger partial charge in [-0.2, -0.15) is 5.10 Å². The average Bonchev–Trinajstić information content (AvgIpc) is 2.85. The summed E-state index contributed by atoms with van der Waals surface area (Å²) in [7, 11) is 0. The summed E-state index contributed by atoms with van der Waals surface area (Å²) in [5.74, 6) is 0.615.